The molecule has 1 aromatic heterocycles. The van der Waals surface area contributed by atoms with Gasteiger partial charge in [0.2, 0.25) is 0 Å². The van der Waals surface area contributed by atoms with Gasteiger partial charge in [0, 0.05) is 13.6 Å². The van der Waals surface area contributed by atoms with Crippen LogP contribution in [-0.4, -0.2) is 46.5 Å². The largest absolute Gasteiger partial charge is 0.468 e. The second kappa shape index (κ2) is 5.29. The number of aryl methyl sites for hydroxylation is 1. The van der Waals surface area contributed by atoms with Gasteiger partial charge in [-0.05, 0) is 6.92 Å². The summed E-state index contributed by atoms with van der Waals surface area (Å²) in [7, 11) is 3.02. The highest BCUT2D eigenvalue weighted by atomic mass is 16.5. The first kappa shape index (κ1) is 12.2. The highest BCUT2D eigenvalue weighted by Crippen LogP contribution is 2.03. The Labute approximate surface area is 93.8 Å². The molecular formula is C10H15N3O3. The fraction of sp³-hybridized carbons (Fsp3) is 0.500. The third-order valence-corrected chi connectivity index (χ3v) is 2.25. The van der Waals surface area contributed by atoms with Crippen molar-refractivity contribution in [2.24, 2.45) is 7.05 Å². The molecule has 0 atom stereocenters. The highest BCUT2D eigenvalue weighted by molar-refractivity contribution is 5.94. The number of carbonyl (C=O) groups excluding carboxylic acids is 2. The number of amides is 1. The predicted octanol–water partition coefficient (Wildman–Crippen LogP) is 0.0552. The summed E-state index contributed by atoms with van der Waals surface area (Å²) >= 11 is 0. The maximum absolute atomic E-state index is 12.0. The molecule has 0 saturated carbocycles. The summed E-state index contributed by atoms with van der Waals surface area (Å²) in [6.07, 6.45) is 3.02. The average Bonchev–Trinajstić information content (AvgIpc) is 2.71. The second-order valence-electron chi connectivity index (χ2n) is 3.29. The van der Waals surface area contributed by atoms with E-state index in [1.807, 2.05) is 0 Å². The third-order valence-electron chi connectivity index (χ3n) is 2.25. The molecule has 0 spiro atoms. The molecular weight excluding hydrogens is 210 g/mol. The van der Waals surface area contributed by atoms with Gasteiger partial charge in [-0.25, -0.2) is 4.98 Å². The zero-order valence-electron chi connectivity index (χ0n) is 9.64. The van der Waals surface area contributed by atoms with Gasteiger partial charge in [0.05, 0.1) is 19.6 Å². The zero-order chi connectivity index (χ0) is 12.1. The van der Waals surface area contributed by atoms with Crippen molar-refractivity contribution in [1.82, 2.24) is 14.5 Å². The van der Waals surface area contributed by atoms with Crippen molar-refractivity contribution in [2.75, 3.05) is 20.2 Å². The van der Waals surface area contributed by atoms with Gasteiger partial charge in [-0.15, -0.1) is 0 Å². The van der Waals surface area contributed by atoms with Crippen molar-refractivity contribution in [2.45, 2.75) is 6.92 Å². The maximum atomic E-state index is 12.0. The summed E-state index contributed by atoms with van der Waals surface area (Å²) in [6, 6.07) is 0. The number of carbonyl (C=O) groups is 2. The van der Waals surface area contributed by atoms with Crippen LogP contribution in [-0.2, 0) is 16.6 Å². The lowest BCUT2D eigenvalue weighted by atomic mass is 10.3. The number of rotatable bonds is 4. The van der Waals surface area contributed by atoms with E-state index in [0.29, 0.717) is 12.2 Å². The molecule has 1 amide bonds. The van der Waals surface area contributed by atoms with Gasteiger partial charge in [-0.1, -0.05) is 0 Å². The van der Waals surface area contributed by atoms with Crippen LogP contribution >= 0.6 is 0 Å². The number of hydrogen-bond acceptors (Lipinski definition) is 4. The van der Waals surface area contributed by atoms with Gasteiger partial charge in [0.25, 0.3) is 5.91 Å². The van der Waals surface area contributed by atoms with Crippen molar-refractivity contribution in [3.05, 3.63) is 18.2 Å². The van der Waals surface area contributed by atoms with Crippen molar-refractivity contribution in [3.8, 4) is 0 Å². The van der Waals surface area contributed by atoms with Crippen LogP contribution in [0.1, 0.15) is 17.4 Å². The summed E-state index contributed by atoms with van der Waals surface area (Å²) in [4.78, 5) is 28.3. The fourth-order valence-corrected chi connectivity index (χ4v) is 1.27. The van der Waals surface area contributed by atoms with E-state index in [-0.39, 0.29) is 12.5 Å². The average molecular weight is 225 g/mol. The number of methoxy groups -OCH3 is 1. The minimum Gasteiger partial charge on any atom is -0.468 e. The molecule has 1 rings (SSSR count). The number of aromatic nitrogens is 2. The molecule has 1 aromatic rings. The molecule has 6 heteroatoms. The second-order valence-corrected chi connectivity index (χ2v) is 3.29. The van der Waals surface area contributed by atoms with E-state index in [0.717, 1.165) is 0 Å². The lowest BCUT2D eigenvalue weighted by Crippen LogP contribution is -2.36. The number of imidazole rings is 1. The molecule has 0 aromatic carbocycles. The molecule has 88 valence electrons. The normalized spacial score (nSPS) is 9.94. The quantitative estimate of drug-likeness (QED) is 0.679. The Hall–Kier alpha value is -1.85. The number of likely N-dealkylation sites (N-methyl/N-ethyl adjacent to an activating group) is 1. The van der Waals surface area contributed by atoms with E-state index in [4.69, 9.17) is 0 Å². The first-order valence-corrected chi connectivity index (χ1v) is 4.92. The Bertz CT molecular complexity index is 386. The van der Waals surface area contributed by atoms with E-state index in [1.54, 1.807) is 24.9 Å². The molecule has 0 radical (unpaired) electrons. The van der Waals surface area contributed by atoms with Crippen LogP contribution in [0.15, 0.2) is 12.5 Å². The van der Waals surface area contributed by atoms with Gasteiger partial charge in [-0.3, -0.25) is 9.59 Å². The van der Waals surface area contributed by atoms with E-state index in [1.165, 1.54) is 18.2 Å². The molecule has 0 aliphatic heterocycles. The third kappa shape index (κ3) is 2.59. The van der Waals surface area contributed by atoms with Gasteiger partial charge in [0.15, 0.2) is 0 Å². The molecule has 0 fully saturated rings. The Morgan fingerprint density at radius 3 is 2.69 bits per heavy atom. The predicted molar refractivity (Wildman–Crippen MR) is 56.8 cm³/mol. The minimum atomic E-state index is -0.433. The Morgan fingerprint density at radius 2 is 2.25 bits per heavy atom. The molecule has 0 aliphatic rings. The molecule has 0 unspecified atom stereocenters. The number of ether oxygens (including phenoxy) is 1. The van der Waals surface area contributed by atoms with Crippen molar-refractivity contribution in [1.29, 1.82) is 0 Å². The molecule has 1 heterocycles. The van der Waals surface area contributed by atoms with Crippen LogP contribution in [0, 0.1) is 0 Å². The van der Waals surface area contributed by atoms with Crippen LogP contribution in [0.25, 0.3) is 0 Å². The Balaban J connectivity index is 2.78. The van der Waals surface area contributed by atoms with Crippen molar-refractivity contribution >= 4 is 11.9 Å². The number of hydrogen-bond donors (Lipinski definition) is 0. The van der Waals surface area contributed by atoms with Crippen molar-refractivity contribution in [3.63, 3.8) is 0 Å². The first-order valence-electron chi connectivity index (χ1n) is 4.92. The zero-order valence-corrected chi connectivity index (χ0v) is 9.64. The molecule has 16 heavy (non-hydrogen) atoms. The number of esters is 1. The molecule has 0 N–H and O–H groups in total. The van der Waals surface area contributed by atoms with Gasteiger partial charge in [0.1, 0.15) is 12.2 Å². The summed E-state index contributed by atoms with van der Waals surface area (Å²) in [6.45, 7) is 2.20. The lowest BCUT2D eigenvalue weighted by molar-refractivity contribution is -0.141. The summed E-state index contributed by atoms with van der Waals surface area (Å²) < 4.78 is 6.14. The van der Waals surface area contributed by atoms with Gasteiger partial charge in [-0.2, -0.15) is 0 Å². The standard InChI is InChI=1S/C10H15N3O3/c1-4-13(6-9(14)16-3)10(15)8-5-11-7-12(8)2/h5,7H,4,6H2,1-3H3. The van der Waals surface area contributed by atoms with Crippen LogP contribution < -0.4 is 0 Å². The van der Waals surface area contributed by atoms with Crippen LogP contribution in [0.4, 0.5) is 0 Å². The smallest absolute Gasteiger partial charge is 0.325 e. The lowest BCUT2D eigenvalue weighted by Gasteiger charge is -2.19. The van der Waals surface area contributed by atoms with E-state index in [2.05, 4.69) is 9.72 Å². The summed E-state index contributed by atoms with van der Waals surface area (Å²) in [5, 5.41) is 0. The minimum absolute atomic E-state index is 0.0446. The SMILES string of the molecule is CCN(CC(=O)OC)C(=O)c1cncn1C. The Morgan fingerprint density at radius 1 is 1.56 bits per heavy atom. The summed E-state index contributed by atoms with van der Waals surface area (Å²) in [5.41, 5.74) is 0.450. The monoisotopic (exact) mass is 225 g/mol. The fourth-order valence-electron chi connectivity index (χ4n) is 1.27. The molecule has 6 nitrogen and oxygen atoms in total. The number of nitrogens with zero attached hydrogens (tertiary/aromatic N) is 3. The summed E-state index contributed by atoms with van der Waals surface area (Å²) in [5.74, 6) is -0.662. The van der Waals surface area contributed by atoms with Crippen LogP contribution in [0.2, 0.25) is 0 Å². The van der Waals surface area contributed by atoms with Gasteiger partial charge >= 0.3 is 5.97 Å². The topological polar surface area (TPSA) is 64.4 Å². The molecule has 0 bridgehead atoms. The van der Waals surface area contributed by atoms with E-state index < -0.39 is 5.97 Å². The van der Waals surface area contributed by atoms with Gasteiger partial charge < -0.3 is 14.2 Å². The van der Waals surface area contributed by atoms with Crippen LogP contribution in [0.3, 0.4) is 0 Å². The molecule has 0 saturated heterocycles. The van der Waals surface area contributed by atoms with E-state index in [9.17, 15) is 9.59 Å². The molecule has 0 aliphatic carbocycles. The van der Waals surface area contributed by atoms with Crippen LogP contribution in [0.5, 0.6) is 0 Å². The van der Waals surface area contributed by atoms with E-state index >= 15 is 0 Å². The van der Waals surface area contributed by atoms with Crippen molar-refractivity contribution < 1.29 is 14.3 Å². The maximum Gasteiger partial charge on any atom is 0.325 e. The highest BCUT2D eigenvalue weighted by Gasteiger charge is 2.19. The first-order chi connectivity index (χ1) is 7.60. The Kier molecular flexibility index (Phi) is 4.04.